The molecule has 228 valence electrons. The first kappa shape index (κ1) is 30.8. The van der Waals surface area contributed by atoms with Gasteiger partial charge in [0.05, 0.1) is 31.0 Å². The third-order valence-electron chi connectivity index (χ3n) is 8.30. The number of anilines is 1. The van der Waals surface area contributed by atoms with E-state index in [0.717, 1.165) is 35.2 Å². The first-order valence-corrected chi connectivity index (χ1v) is 14.9. The summed E-state index contributed by atoms with van der Waals surface area (Å²) >= 11 is 0. The van der Waals surface area contributed by atoms with Crippen LogP contribution in [0, 0.1) is 5.92 Å². The number of carbonyl (C=O) groups is 2. The van der Waals surface area contributed by atoms with Crippen molar-refractivity contribution in [2.24, 2.45) is 5.92 Å². The molecule has 2 amide bonds. The molecule has 3 aromatic rings. The molecule has 0 bridgehead atoms. The topological polar surface area (TPSA) is 120 Å². The highest BCUT2D eigenvalue weighted by Crippen LogP contribution is 2.42. The minimum Gasteiger partial charge on any atom is -0.392 e. The fourth-order valence-electron chi connectivity index (χ4n) is 5.80. The third-order valence-corrected chi connectivity index (χ3v) is 8.30. The molecule has 0 radical (unpaired) electrons. The predicted molar refractivity (Wildman–Crippen MR) is 163 cm³/mol. The van der Waals surface area contributed by atoms with E-state index in [-0.39, 0.29) is 36.6 Å². The molecule has 0 spiro atoms. The van der Waals surface area contributed by atoms with E-state index in [1.54, 1.807) is 6.07 Å². The van der Waals surface area contributed by atoms with Crippen molar-refractivity contribution in [1.29, 1.82) is 0 Å². The van der Waals surface area contributed by atoms with Crippen molar-refractivity contribution in [2.75, 3.05) is 25.0 Å². The summed E-state index contributed by atoms with van der Waals surface area (Å²) in [5.74, 6) is -0.102. The molecule has 43 heavy (non-hydrogen) atoms. The van der Waals surface area contributed by atoms with Crippen LogP contribution in [0.1, 0.15) is 54.9 Å². The first-order chi connectivity index (χ1) is 20.8. The van der Waals surface area contributed by atoms with E-state index in [1.165, 1.54) is 6.92 Å². The number of hydrogen-bond donors (Lipinski definition) is 4. The Morgan fingerprint density at radius 1 is 0.977 bits per heavy atom. The summed E-state index contributed by atoms with van der Waals surface area (Å²) in [4.78, 5) is 27.4. The summed E-state index contributed by atoms with van der Waals surface area (Å²) in [7, 11) is 0. The molecule has 0 saturated carbocycles. The van der Waals surface area contributed by atoms with Gasteiger partial charge < -0.3 is 30.3 Å². The average molecular weight is 588 g/mol. The Morgan fingerprint density at radius 2 is 1.74 bits per heavy atom. The predicted octanol–water partition coefficient (Wildman–Crippen LogP) is 4.36. The number of ether oxygens (including phenoxy) is 2. The summed E-state index contributed by atoms with van der Waals surface area (Å²) in [6.45, 7) is 5.65. The number of Topliss-reactive ketones (excluding diaryl/α,β-unsaturated/α-hetero) is 1. The molecule has 2 aliphatic heterocycles. The van der Waals surface area contributed by atoms with E-state index >= 15 is 0 Å². The maximum Gasteiger partial charge on any atom is 0.319 e. The molecule has 2 heterocycles. The maximum absolute atomic E-state index is 12.9. The monoisotopic (exact) mass is 587 g/mol. The first-order valence-electron chi connectivity index (χ1n) is 14.9. The highest BCUT2D eigenvalue weighted by molar-refractivity contribution is 5.93. The Kier molecular flexibility index (Phi) is 10.2. The zero-order valence-electron chi connectivity index (χ0n) is 24.7. The van der Waals surface area contributed by atoms with Gasteiger partial charge in [0.1, 0.15) is 0 Å². The lowest BCUT2D eigenvalue weighted by Crippen LogP contribution is -2.44. The van der Waals surface area contributed by atoms with Crippen LogP contribution in [0.4, 0.5) is 10.5 Å². The number of carbonyl (C=O) groups excluding carboxylic acids is 2. The molecular weight excluding hydrogens is 546 g/mol. The molecule has 2 aliphatic rings. The fraction of sp³-hybridized carbons (Fsp3) is 0.412. The van der Waals surface area contributed by atoms with Crippen molar-refractivity contribution in [1.82, 2.24) is 10.2 Å². The van der Waals surface area contributed by atoms with Crippen molar-refractivity contribution >= 4 is 17.5 Å². The largest absolute Gasteiger partial charge is 0.392 e. The number of nitrogens with one attached hydrogen (secondary N) is 2. The average Bonchev–Trinajstić information content (AvgIpc) is 3.42. The van der Waals surface area contributed by atoms with Crippen LogP contribution in [0.2, 0.25) is 0 Å². The highest BCUT2D eigenvalue weighted by Gasteiger charge is 2.40. The molecule has 6 atom stereocenters. The summed E-state index contributed by atoms with van der Waals surface area (Å²) in [5, 5.41) is 25.2. The molecule has 0 aromatic heterocycles. The lowest BCUT2D eigenvalue weighted by molar-refractivity contribution is -0.276. The van der Waals surface area contributed by atoms with Crippen LogP contribution >= 0.6 is 0 Å². The zero-order chi connectivity index (χ0) is 30.3. The number of nitrogens with zero attached hydrogens (tertiary/aromatic N) is 1. The van der Waals surface area contributed by atoms with Crippen LogP contribution in [-0.2, 0) is 27.3 Å². The van der Waals surface area contributed by atoms with E-state index in [1.807, 2.05) is 72.8 Å². The molecular formula is C34H41N3O6. The maximum atomic E-state index is 12.9. The van der Waals surface area contributed by atoms with Gasteiger partial charge in [-0.25, -0.2) is 4.79 Å². The summed E-state index contributed by atoms with van der Waals surface area (Å²) in [6.07, 6.45) is -0.291. The highest BCUT2D eigenvalue weighted by atomic mass is 16.7. The second kappa shape index (κ2) is 14.2. The van der Waals surface area contributed by atoms with Crippen molar-refractivity contribution < 1.29 is 29.3 Å². The minimum absolute atomic E-state index is 0.0224. The van der Waals surface area contributed by atoms with Crippen molar-refractivity contribution in [2.45, 2.75) is 63.9 Å². The molecule has 6 unspecified atom stereocenters. The Labute approximate surface area is 252 Å². The number of aliphatic hydroxyl groups excluding tert-OH is 2. The van der Waals surface area contributed by atoms with E-state index < -0.39 is 18.4 Å². The Morgan fingerprint density at radius 3 is 2.42 bits per heavy atom. The van der Waals surface area contributed by atoms with Crippen LogP contribution in [-0.4, -0.2) is 64.8 Å². The number of β-amino-alcohol motifs (C(OH)–C–C–N with tert-alkyl or cyclic N) is 1. The van der Waals surface area contributed by atoms with Crippen LogP contribution < -0.4 is 10.6 Å². The summed E-state index contributed by atoms with van der Waals surface area (Å²) in [5.41, 5.74) is 4.08. The number of aliphatic hydroxyl groups is 2. The van der Waals surface area contributed by atoms with Crippen LogP contribution in [0.25, 0.3) is 0 Å². The van der Waals surface area contributed by atoms with Crippen molar-refractivity contribution in [3.63, 3.8) is 0 Å². The molecule has 9 nitrogen and oxygen atoms in total. The molecule has 3 aromatic carbocycles. The molecule has 4 N–H and O–H groups in total. The smallest absolute Gasteiger partial charge is 0.319 e. The number of urea groups is 1. The zero-order valence-corrected chi connectivity index (χ0v) is 24.7. The van der Waals surface area contributed by atoms with Crippen LogP contribution in [0.3, 0.4) is 0 Å². The van der Waals surface area contributed by atoms with E-state index in [0.29, 0.717) is 25.2 Å². The third kappa shape index (κ3) is 8.07. The standard InChI is InChI=1S/C34H41N3O6/c1-22-31(20-37-16-15-29(40)19-37)42-33(43-32(22)26-13-11-25(21-38)12-14-26)27-9-6-10-28(18-27)35-34(41)36-30(23(2)39)17-24-7-4-3-5-8-24/h3-14,18,22,29-33,38,40H,15-17,19-21H2,1-2H3,(H2,35,36,41). The molecule has 2 fully saturated rings. The Balaban J connectivity index is 1.31. The van der Waals surface area contributed by atoms with E-state index in [9.17, 15) is 19.8 Å². The Bertz CT molecular complexity index is 1370. The van der Waals surface area contributed by atoms with Gasteiger partial charge >= 0.3 is 6.03 Å². The van der Waals surface area contributed by atoms with Gasteiger partial charge in [-0.2, -0.15) is 0 Å². The molecule has 0 aliphatic carbocycles. The summed E-state index contributed by atoms with van der Waals surface area (Å²) in [6, 6.07) is 23.6. The molecule has 2 saturated heterocycles. The lowest BCUT2D eigenvalue weighted by atomic mass is 9.90. The lowest BCUT2D eigenvalue weighted by Gasteiger charge is -2.42. The fourth-order valence-corrected chi connectivity index (χ4v) is 5.80. The molecule has 5 rings (SSSR count). The number of benzene rings is 3. The van der Waals surface area contributed by atoms with Crippen LogP contribution in [0.5, 0.6) is 0 Å². The van der Waals surface area contributed by atoms with Gasteiger partial charge in [-0.3, -0.25) is 9.69 Å². The van der Waals surface area contributed by atoms with Crippen LogP contribution in [0.15, 0.2) is 78.9 Å². The number of ketones is 1. The molecule has 9 heteroatoms. The van der Waals surface area contributed by atoms with Gasteiger partial charge in [-0.1, -0.05) is 73.7 Å². The SMILES string of the molecule is CC(=O)C(Cc1ccccc1)NC(=O)Nc1cccc(C2OC(CN3CCC(O)C3)C(C)C(c3ccc(CO)cc3)O2)c1. The summed E-state index contributed by atoms with van der Waals surface area (Å²) < 4.78 is 13.1. The van der Waals surface area contributed by atoms with Gasteiger partial charge in [-0.05, 0) is 48.6 Å². The number of amides is 2. The van der Waals surface area contributed by atoms with E-state index in [2.05, 4.69) is 22.5 Å². The van der Waals surface area contributed by atoms with Crippen molar-refractivity contribution in [3.8, 4) is 0 Å². The van der Waals surface area contributed by atoms with E-state index in [4.69, 9.17) is 9.47 Å². The normalized spacial score (nSPS) is 24.8. The van der Waals surface area contributed by atoms with Gasteiger partial charge in [-0.15, -0.1) is 0 Å². The minimum atomic E-state index is -0.691. The number of likely N-dealkylation sites (tertiary alicyclic amines) is 1. The van der Waals surface area contributed by atoms with Gasteiger partial charge in [0.25, 0.3) is 0 Å². The number of hydrogen-bond acceptors (Lipinski definition) is 7. The Hall–Kier alpha value is -3.60. The van der Waals surface area contributed by atoms with Gasteiger partial charge in [0, 0.05) is 36.8 Å². The second-order valence-electron chi connectivity index (χ2n) is 11.6. The van der Waals surface area contributed by atoms with Crippen molar-refractivity contribution in [3.05, 3.63) is 101 Å². The number of rotatable bonds is 10. The quantitative estimate of drug-likeness (QED) is 0.278. The van der Waals surface area contributed by atoms with Gasteiger partial charge in [0.2, 0.25) is 0 Å². The van der Waals surface area contributed by atoms with Gasteiger partial charge in [0.15, 0.2) is 12.1 Å². The second-order valence-corrected chi connectivity index (χ2v) is 11.6.